The van der Waals surface area contributed by atoms with Crippen molar-refractivity contribution in [1.29, 1.82) is 0 Å². The summed E-state index contributed by atoms with van der Waals surface area (Å²) in [6.07, 6.45) is 1.30. The van der Waals surface area contributed by atoms with Gasteiger partial charge in [0, 0.05) is 12.2 Å². The van der Waals surface area contributed by atoms with Crippen LogP contribution in [0.5, 0.6) is 0 Å². The molecular formula is C16H22N2O2. The van der Waals surface area contributed by atoms with E-state index >= 15 is 0 Å². The minimum absolute atomic E-state index is 0.0671. The molecule has 1 rings (SSSR count). The topological polar surface area (TPSA) is 64.3 Å². The lowest BCUT2D eigenvalue weighted by Gasteiger charge is -2.09. The van der Waals surface area contributed by atoms with E-state index in [1.807, 2.05) is 32.0 Å². The van der Waals surface area contributed by atoms with Gasteiger partial charge >= 0.3 is 0 Å². The molecule has 0 spiro atoms. The molecular weight excluding hydrogens is 252 g/mol. The summed E-state index contributed by atoms with van der Waals surface area (Å²) in [5.41, 5.74) is 7.95. The Morgan fingerprint density at radius 2 is 2.20 bits per heavy atom. The number of nitrogens with one attached hydrogen (secondary N) is 1. The van der Waals surface area contributed by atoms with Crippen LogP contribution in [-0.4, -0.2) is 25.7 Å². The number of carbonyl (C=O) groups excluding carboxylic acids is 1. The van der Waals surface area contributed by atoms with Gasteiger partial charge in [-0.2, -0.15) is 0 Å². The average Bonchev–Trinajstić information content (AvgIpc) is 2.43. The first-order chi connectivity index (χ1) is 9.67. The Morgan fingerprint density at radius 3 is 2.90 bits per heavy atom. The molecule has 4 heteroatoms. The van der Waals surface area contributed by atoms with Crippen molar-refractivity contribution in [2.24, 2.45) is 5.73 Å². The molecule has 0 atom stereocenters. The van der Waals surface area contributed by atoms with Gasteiger partial charge in [-0.05, 0) is 31.0 Å². The molecule has 1 amide bonds. The van der Waals surface area contributed by atoms with E-state index < -0.39 is 0 Å². The fourth-order valence-corrected chi connectivity index (χ4v) is 1.64. The number of benzene rings is 1. The van der Waals surface area contributed by atoms with Crippen LogP contribution in [0.2, 0.25) is 0 Å². The summed E-state index contributed by atoms with van der Waals surface area (Å²) in [6.45, 7) is 5.43. The Labute approximate surface area is 120 Å². The van der Waals surface area contributed by atoms with E-state index in [1.165, 1.54) is 0 Å². The lowest BCUT2D eigenvalue weighted by Crippen LogP contribution is -2.15. The third-order valence-corrected chi connectivity index (χ3v) is 2.60. The van der Waals surface area contributed by atoms with Crippen molar-refractivity contribution in [3.63, 3.8) is 0 Å². The van der Waals surface area contributed by atoms with E-state index in [0.717, 1.165) is 23.2 Å². The molecule has 0 aliphatic heterocycles. The summed E-state index contributed by atoms with van der Waals surface area (Å²) in [7, 11) is 0. The molecule has 0 saturated carbocycles. The maximum absolute atomic E-state index is 11.8. The number of hydrogen-bond donors (Lipinski definition) is 2. The highest BCUT2D eigenvalue weighted by atomic mass is 16.5. The number of amides is 1. The van der Waals surface area contributed by atoms with Gasteiger partial charge in [0.15, 0.2) is 0 Å². The summed E-state index contributed by atoms with van der Waals surface area (Å²) in [6, 6.07) is 5.76. The van der Waals surface area contributed by atoms with Crippen molar-refractivity contribution >= 4 is 11.6 Å². The molecule has 0 aliphatic rings. The largest absolute Gasteiger partial charge is 0.381 e. The van der Waals surface area contributed by atoms with Gasteiger partial charge in [0.25, 0.3) is 0 Å². The van der Waals surface area contributed by atoms with Crippen molar-refractivity contribution in [3.8, 4) is 11.8 Å². The molecule has 20 heavy (non-hydrogen) atoms. The SMILES string of the molecule is CCCOCCC(=O)Nc1cc(C)ccc1C#CCN. The Kier molecular flexibility index (Phi) is 7.41. The predicted octanol–water partition coefficient (Wildman–Crippen LogP) is 2.06. The maximum Gasteiger partial charge on any atom is 0.226 e. The summed E-state index contributed by atoms with van der Waals surface area (Å²) < 4.78 is 5.30. The normalized spacial score (nSPS) is 9.75. The molecule has 0 unspecified atom stereocenters. The highest BCUT2D eigenvalue weighted by Gasteiger charge is 2.06. The summed E-state index contributed by atoms with van der Waals surface area (Å²) in [4.78, 5) is 11.8. The van der Waals surface area contributed by atoms with Crippen LogP contribution in [0.4, 0.5) is 5.69 Å². The van der Waals surface area contributed by atoms with E-state index in [4.69, 9.17) is 10.5 Å². The zero-order valence-electron chi connectivity index (χ0n) is 12.2. The molecule has 0 radical (unpaired) electrons. The molecule has 108 valence electrons. The van der Waals surface area contributed by atoms with Crippen molar-refractivity contribution in [2.75, 3.05) is 25.1 Å². The molecule has 0 fully saturated rings. The Hall–Kier alpha value is -1.83. The average molecular weight is 274 g/mol. The van der Waals surface area contributed by atoms with Gasteiger partial charge in [0.2, 0.25) is 5.91 Å². The number of rotatable bonds is 6. The van der Waals surface area contributed by atoms with Gasteiger partial charge in [-0.25, -0.2) is 0 Å². The third kappa shape index (κ3) is 5.87. The molecule has 0 saturated heterocycles. The molecule has 0 bridgehead atoms. The van der Waals surface area contributed by atoms with Crippen LogP contribution >= 0.6 is 0 Å². The van der Waals surface area contributed by atoms with Crippen molar-refractivity contribution < 1.29 is 9.53 Å². The van der Waals surface area contributed by atoms with E-state index in [0.29, 0.717) is 26.2 Å². The second-order valence-corrected chi connectivity index (χ2v) is 4.47. The number of anilines is 1. The van der Waals surface area contributed by atoms with Gasteiger partial charge in [-0.3, -0.25) is 4.79 Å². The number of hydrogen-bond acceptors (Lipinski definition) is 3. The van der Waals surface area contributed by atoms with Gasteiger partial charge in [0.1, 0.15) is 0 Å². The van der Waals surface area contributed by atoms with Crippen LogP contribution in [0.15, 0.2) is 18.2 Å². The Morgan fingerprint density at radius 1 is 1.40 bits per heavy atom. The Bertz CT molecular complexity index is 501. The van der Waals surface area contributed by atoms with Crippen LogP contribution in [-0.2, 0) is 9.53 Å². The van der Waals surface area contributed by atoms with Gasteiger partial charge < -0.3 is 15.8 Å². The smallest absolute Gasteiger partial charge is 0.226 e. The van der Waals surface area contributed by atoms with Gasteiger partial charge in [-0.1, -0.05) is 24.8 Å². The first kappa shape index (κ1) is 16.2. The standard InChI is InChI=1S/C16H22N2O2/c1-3-10-20-11-8-16(19)18-15-12-13(2)6-7-14(15)5-4-9-17/h6-7,12H,3,8-11,17H2,1-2H3,(H,18,19). The Balaban J connectivity index is 2.65. The van der Waals surface area contributed by atoms with Crippen molar-refractivity contribution in [2.45, 2.75) is 26.7 Å². The zero-order valence-corrected chi connectivity index (χ0v) is 12.2. The maximum atomic E-state index is 11.8. The highest BCUT2D eigenvalue weighted by molar-refractivity contribution is 5.92. The van der Waals surface area contributed by atoms with E-state index in [2.05, 4.69) is 17.2 Å². The number of carbonyl (C=O) groups is 1. The summed E-state index contributed by atoms with van der Waals surface area (Å²) >= 11 is 0. The number of ether oxygens (including phenoxy) is 1. The molecule has 0 aromatic heterocycles. The fourth-order valence-electron chi connectivity index (χ4n) is 1.64. The zero-order chi connectivity index (χ0) is 14.8. The van der Waals surface area contributed by atoms with Gasteiger partial charge in [0.05, 0.1) is 25.3 Å². The molecule has 0 aliphatic carbocycles. The monoisotopic (exact) mass is 274 g/mol. The van der Waals surface area contributed by atoms with Crippen molar-refractivity contribution in [1.82, 2.24) is 0 Å². The van der Waals surface area contributed by atoms with E-state index in [9.17, 15) is 4.79 Å². The molecule has 1 aromatic rings. The second kappa shape index (κ2) is 9.13. The van der Waals surface area contributed by atoms with E-state index in [-0.39, 0.29) is 5.91 Å². The molecule has 0 heterocycles. The van der Waals surface area contributed by atoms with Crippen LogP contribution in [0.1, 0.15) is 30.9 Å². The minimum atomic E-state index is -0.0671. The minimum Gasteiger partial charge on any atom is -0.381 e. The number of nitrogens with two attached hydrogens (primary N) is 1. The van der Waals surface area contributed by atoms with Crippen molar-refractivity contribution in [3.05, 3.63) is 29.3 Å². The third-order valence-electron chi connectivity index (χ3n) is 2.60. The van der Waals surface area contributed by atoms with Crippen LogP contribution in [0.3, 0.4) is 0 Å². The van der Waals surface area contributed by atoms with Crippen LogP contribution in [0.25, 0.3) is 0 Å². The second-order valence-electron chi connectivity index (χ2n) is 4.47. The first-order valence-electron chi connectivity index (χ1n) is 6.84. The first-order valence-corrected chi connectivity index (χ1v) is 6.84. The highest BCUT2D eigenvalue weighted by Crippen LogP contribution is 2.16. The predicted molar refractivity (Wildman–Crippen MR) is 81.5 cm³/mol. The summed E-state index contributed by atoms with van der Waals surface area (Å²) in [5, 5.41) is 2.87. The van der Waals surface area contributed by atoms with E-state index in [1.54, 1.807) is 0 Å². The summed E-state index contributed by atoms with van der Waals surface area (Å²) in [5.74, 6) is 5.69. The van der Waals surface area contributed by atoms with Crippen LogP contribution < -0.4 is 11.1 Å². The fraction of sp³-hybridized carbons (Fsp3) is 0.438. The van der Waals surface area contributed by atoms with Gasteiger partial charge in [-0.15, -0.1) is 0 Å². The molecule has 3 N–H and O–H groups in total. The number of aryl methyl sites for hydroxylation is 1. The quantitative estimate of drug-likeness (QED) is 0.616. The van der Waals surface area contributed by atoms with Crippen LogP contribution in [0, 0.1) is 18.8 Å². The molecule has 4 nitrogen and oxygen atoms in total. The molecule has 1 aromatic carbocycles. The lowest BCUT2D eigenvalue weighted by atomic mass is 10.1. The lowest BCUT2D eigenvalue weighted by molar-refractivity contribution is -0.117.